The Balaban J connectivity index is 2.72. The second-order valence-corrected chi connectivity index (χ2v) is 5.20. The topological polar surface area (TPSA) is 75.8 Å². The molecule has 0 aromatic heterocycles. The lowest BCUT2D eigenvalue weighted by atomic mass is 9.96. The third-order valence-corrected chi connectivity index (χ3v) is 3.57. The Morgan fingerprint density at radius 2 is 1.70 bits per heavy atom. The SMILES string of the molecule is N#C/C(=C(\N)c1ccc(N)cc1)c1cccc(S)c1C(F)(F)F. The highest BCUT2D eigenvalue weighted by atomic mass is 32.1. The second-order valence-electron chi connectivity index (χ2n) is 4.72. The minimum Gasteiger partial charge on any atom is -0.399 e. The van der Waals surface area contributed by atoms with Gasteiger partial charge < -0.3 is 11.5 Å². The number of halogens is 3. The van der Waals surface area contributed by atoms with Crippen molar-refractivity contribution in [1.82, 2.24) is 0 Å². The van der Waals surface area contributed by atoms with Crippen molar-refractivity contribution in [3.8, 4) is 6.07 Å². The molecule has 0 saturated carbocycles. The van der Waals surface area contributed by atoms with E-state index in [1.54, 1.807) is 30.3 Å². The third-order valence-electron chi connectivity index (χ3n) is 3.20. The molecule has 0 bridgehead atoms. The molecule has 0 unspecified atom stereocenters. The number of anilines is 1. The lowest BCUT2D eigenvalue weighted by molar-refractivity contribution is -0.139. The van der Waals surface area contributed by atoms with Crippen LogP contribution in [0.3, 0.4) is 0 Å². The summed E-state index contributed by atoms with van der Waals surface area (Å²) in [6.07, 6.45) is -4.66. The molecule has 0 amide bonds. The lowest BCUT2D eigenvalue weighted by Gasteiger charge is -2.16. The first-order valence-electron chi connectivity index (χ1n) is 6.41. The first-order valence-corrected chi connectivity index (χ1v) is 6.85. The van der Waals surface area contributed by atoms with Crippen LogP contribution in [-0.2, 0) is 6.18 Å². The highest BCUT2D eigenvalue weighted by molar-refractivity contribution is 7.80. The van der Waals surface area contributed by atoms with Gasteiger partial charge in [-0.15, -0.1) is 12.6 Å². The highest BCUT2D eigenvalue weighted by Crippen LogP contribution is 2.39. The van der Waals surface area contributed by atoms with Gasteiger partial charge in [0, 0.05) is 16.1 Å². The molecule has 23 heavy (non-hydrogen) atoms. The van der Waals surface area contributed by atoms with Crippen LogP contribution in [0.2, 0.25) is 0 Å². The molecular formula is C16H12F3N3S. The van der Waals surface area contributed by atoms with E-state index in [1.807, 2.05) is 0 Å². The molecule has 7 heteroatoms. The van der Waals surface area contributed by atoms with Gasteiger partial charge in [-0.25, -0.2) is 0 Å². The molecule has 0 aliphatic carbocycles. The standard InChI is InChI=1S/C16H12F3N3S/c17-16(18,19)14-11(2-1-3-13(14)23)12(8-20)15(22)9-4-6-10(21)7-5-9/h1-7,23H,21-22H2/b15-12+. The largest absolute Gasteiger partial charge is 0.418 e. The summed E-state index contributed by atoms with van der Waals surface area (Å²) in [6.45, 7) is 0. The fourth-order valence-electron chi connectivity index (χ4n) is 2.12. The van der Waals surface area contributed by atoms with Crippen molar-refractivity contribution in [2.75, 3.05) is 5.73 Å². The van der Waals surface area contributed by atoms with E-state index in [-0.39, 0.29) is 21.7 Å². The molecule has 0 heterocycles. The highest BCUT2D eigenvalue weighted by Gasteiger charge is 2.36. The third kappa shape index (κ3) is 3.43. The molecule has 4 N–H and O–H groups in total. The van der Waals surface area contributed by atoms with E-state index >= 15 is 0 Å². The average molecular weight is 335 g/mol. The van der Waals surface area contributed by atoms with E-state index < -0.39 is 11.7 Å². The quantitative estimate of drug-likeness (QED) is 0.337. The number of nitrogens with zero attached hydrogens (tertiary/aromatic N) is 1. The van der Waals surface area contributed by atoms with Crippen molar-refractivity contribution in [3.05, 3.63) is 59.2 Å². The average Bonchev–Trinajstić information content (AvgIpc) is 2.47. The predicted octanol–water partition coefficient (Wildman–Crippen LogP) is 3.93. The number of nitrogen functional groups attached to an aromatic ring is 1. The second kappa shape index (κ2) is 6.26. The maximum atomic E-state index is 13.3. The summed E-state index contributed by atoms with van der Waals surface area (Å²) in [6, 6.07) is 11.7. The van der Waals surface area contributed by atoms with Crippen molar-refractivity contribution in [2.45, 2.75) is 11.1 Å². The van der Waals surface area contributed by atoms with E-state index in [0.29, 0.717) is 11.3 Å². The fourth-order valence-corrected chi connectivity index (χ4v) is 2.45. The molecule has 2 rings (SSSR count). The van der Waals surface area contributed by atoms with Crippen molar-refractivity contribution in [1.29, 1.82) is 5.26 Å². The van der Waals surface area contributed by atoms with Gasteiger partial charge in [0.05, 0.1) is 16.8 Å². The Labute approximate surface area is 136 Å². The zero-order valence-corrected chi connectivity index (χ0v) is 12.6. The summed E-state index contributed by atoms with van der Waals surface area (Å²) in [4.78, 5) is -0.271. The molecule has 118 valence electrons. The van der Waals surface area contributed by atoms with E-state index in [4.69, 9.17) is 11.5 Å². The van der Waals surface area contributed by atoms with Crippen LogP contribution < -0.4 is 11.5 Å². The van der Waals surface area contributed by atoms with E-state index in [2.05, 4.69) is 12.6 Å². The molecule has 0 atom stereocenters. The van der Waals surface area contributed by atoms with Crippen LogP contribution in [0.25, 0.3) is 11.3 Å². The molecular weight excluding hydrogens is 323 g/mol. The monoisotopic (exact) mass is 335 g/mol. The Morgan fingerprint density at radius 1 is 1.09 bits per heavy atom. The maximum absolute atomic E-state index is 13.3. The van der Waals surface area contributed by atoms with E-state index in [9.17, 15) is 18.4 Å². The Morgan fingerprint density at radius 3 is 2.22 bits per heavy atom. The Bertz CT molecular complexity index is 803. The smallest absolute Gasteiger partial charge is 0.399 e. The molecule has 0 aliphatic rings. The van der Waals surface area contributed by atoms with Gasteiger partial charge in [0.1, 0.15) is 6.07 Å². The Hall–Kier alpha value is -2.59. The molecule has 0 aliphatic heterocycles. The number of benzene rings is 2. The van der Waals surface area contributed by atoms with Gasteiger partial charge in [0.15, 0.2) is 0 Å². The minimum absolute atomic E-state index is 0.0584. The van der Waals surface area contributed by atoms with Gasteiger partial charge in [-0.2, -0.15) is 18.4 Å². The van der Waals surface area contributed by atoms with Gasteiger partial charge in [-0.05, 0) is 23.8 Å². The first kappa shape index (κ1) is 16.8. The van der Waals surface area contributed by atoms with Crippen molar-refractivity contribution in [3.63, 3.8) is 0 Å². The molecule has 0 radical (unpaired) electrons. The molecule has 0 saturated heterocycles. The van der Waals surface area contributed by atoms with Gasteiger partial charge in [-0.3, -0.25) is 0 Å². The lowest BCUT2D eigenvalue weighted by Crippen LogP contribution is -2.11. The molecule has 0 spiro atoms. The molecule has 0 fully saturated rings. The van der Waals surface area contributed by atoms with Crippen LogP contribution in [0, 0.1) is 11.3 Å². The number of allylic oxidation sites excluding steroid dienone is 1. The van der Waals surface area contributed by atoms with Crippen LogP contribution in [0.5, 0.6) is 0 Å². The maximum Gasteiger partial charge on any atom is 0.418 e. The molecule has 2 aromatic rings. The van der Waals surface area contributed by atoms with Crippen LogP contribution in [0.1, 0.15) is 16.7 Å². The summed E-state index contributed by atoms with van der Waals surface area (Å²) in [5, 5.41) is 9.34. The van der Waals surface area contributed by atoms with Gasteiger partial charge in [0.25, 0.3) is 0 Å². The Kier molecular flexibility index (Phi) is 4.57. The number of alkyl halides is 3. The number of nitrogens with two attached hydrogens (primary N) is 2. The first-order chi connectivity index (χ1) is 10.8. The van der Waals surface area contributed by atoms with E-state index in [1.165, 1.54) is 18.2 Å². The van der Waals surface area contributed by atoms with Gasteiger partial charge in [0.2, 0.25) is 0 Å². The van der Waals surface area contributed by atoms with Crippen LogP contribution in [0.15, 0.2) is 47.4 Å². The van der Waals surface area contributed by atoms with Crippen LogP contribution in [-0.4, -0.2) is 0 Å². The molecule has 3 nitrogen and oxygen atoms in total. The van der Waals surface area contributed by atoms with Gasteiger partial charge >= 0.3 is 6.18 Å². The normalized spacial score (nSPS) is 12.5. The number of rotatable bonds is 2. The number of nitriles is 1. The zero-order valence-electron chi connectivity index (χ0n) is 11.7. The summed E-state index contributed by atoms with van der Waals surface area (Å²) < 4.78 is 39.9. The number of hydrogen-bond donors (Lipinski definition) is 3. The summed E-state index contributed by atoms with van der Waals surface area (Å²) in [7, 11) is 0. The van der Waals surface area contributed by atoms with Crippen molar-refractivity contribution >= 4 is 29.6 Å². The van der Waals surface area contributed by atoms with Crippen molar-refractivity contribution in [2.24, 2.45) is 5.73 Å². The van der Waals surface area contributed by atoms with Crippen LogP contribution in [0.4, 0.5) is 18.9 Å². The summed E-state index contributed by atoms with van der Waals surface area (Å²) >= 11 is 3.85. The number of hydrogen-bond acceptors (Lipinski definition) is 4. The van der Waals surface area contributed by atoms with Crippen molar-refractivity contribution < 1.29 is 13.2 Å². The van der Waals surface area contributed by atoms with Crippen LogP contribution >= 0.6 is 12.6 Å². The zero-order chi connectivity index (χ0) is 17.2. The minimum atomic E-state index is -4.66. The van der Waals surface area contributed by atoms with E-state index in [0.717, 1.165) is 0 Å². The summed E-state index contributed by atoms with van der Waals surface area (Å²) in [5.41, 5.74) is 10.8. The molecule has 2 aromatic carbocycles. The summed E-state index contributed by atoms with van der Waals surface area (Å²) in [5.74, 6) is 0. The van der Waals surface area contributed by atoms with Gasteiger partial charge in [-0.1, -0.05) is 24.3 Å². The predicted molar refractivity (Wildman–Crippen MR) is 86.2 cm³/mol. The number of thiol groups is 1. The fraction of sp³-hybridized carbons (Fsp3) is 0.0625.